The summed E-state index contributed by atoms with van der Waals surface area (Å²) in [5.41, 5.74) is 1.27. The molecule has 0 bridgehead atoms. The molecular formula is C14H11F3N6O2S. The summed E-state index contributed by atoms with van der Waals surface area (Å²) in [7, 11) is -4.04. The molecule has 0 unspecified atom stereocenters. The van der Waals surface area contributed by atoms with Crippen molar-refractivity contribution >= 4 is 10.0 Å². The van der Waals surface area contributed by atoms with Gasteiger partial charge in [-0.25, -0.2) is 28.5 Å². The minimum Gasteiger partial charge on any atom is -0.225 e. The Morgan fingerprint density at radius 1 is 1.08 bits per heavy atom. The van der Waals surface area contributed by atoms with Crippen LogP contribution in [0, 0.1) is 6.92 Å². The van der Waals surface area contributed by atoms with Gasteiger partial charge in [-0.1, -0.05) is 29.8 Å². The second kappa shape index (κ2) is 6.14. The SMILES string of the molecule is Cc1ccc(-c2nc(C(F)(F)F)nn2-c2ncc(S(N)(=O)=O)cn2)cc1. The average Bonchev–Trinajstić information content (AvgIpc) is 3.00. The lowest BCUT2D eigenvalue weighted by molar-refractivity contribution is -0.144. The highest BCUT2D eigenvalue weighted by molar-refractivity contribution is 7.89. The van der Waals surface area contributed by atoms with Gasteiger partial charge in [0.2, 0.25) is 10.0 Å². The van der Waals surface area contributed by atoms with Crippen molar-refractivity contribution in [2.24, 2.45) is 5.14 Å². The van der Waals surface area contributed by atoms with Crippen LogP contribution in [0.3, 0.4) is 0 Å². The first-order chi connectivity index (χ1) is 12.1. The van der Waals surface area contributed by atoms with Crippen LogP contribution in [-0.2, 0) is 16.2 Å². The minimum atomic E-state index is -4.77. The zero-order chi connectivity index (χ0) is 19.1. The standard InChI is InChI=1S/C14H11F3N6O2S/c1-8-2-4-9(5-3-8)11-21-12(14(15,16)17)22-23(11)13-19-6-10(7-20-13)26(18,24)25/h2-7H,1H3,(H2,18,24,25). The van der Waals surface area contributed by atoms with E-state index in [2.05, 4.69) is 20.1 Å². The molecule has 2 N–H and O–H groups in total. The molecular weight excluding hydrogens is 373 g/mol. The lowest BCUT2D eigenvalue weighted by atomic mass is 10.1. The van der Waals surface area contributed by atoms with Gasteiger partial charge in [0.05, 0.1) is 12.4 Å². The number of rotatable bonds is 3. The summed E-state index contributed by atoms with van der Waals surface area (Å²) in [5.74, 6) is -1.79. The van der Waals surface area contributed by atoms with Crippen LogP contribution in [0.15, 0.2) is 41.6 Å². The van der Waals surface area contributed by atoms with Crippen LogP contribution in [-0.4, -0.2) is 33.2 Å². The summed E-state index contributed by atoms with van der Waals surface area (Å²) < 4.78 is 62.4. The molecule has 0 atom stereocenters. The number of halogens is 3. The number of alkyl halides is 3. The molecule has 1 aromatic carbocycles. The fraction of sp³-hybridized carbons (Fsp3) is 0.143. The van der Waals surface area contributed by atoms with Crippen molar-refractivity contribution in [3.63, 3.8) is 0 Å². The molecule has 26 heavy (non-hydrogen) atoms. The molecule has 0 aliphatic heterocycles. The van der Waals surface area contributed by atoms with Crippen LogP contribution in [0.4, 0.5) is 13.2 Å². The Labute approximate surface area is 145 Å². The van der Waals surface area contributed by atoms with Crippen LogP contribution in [0.2, 0.25) is 0 Å². The van der Waals surface area contributed by atoms with E-state index in [4.69, 9.17) is 5.14 Å². The lowest BCUT2D eigenvalue weighted by Crippen LogP contribution is -2.14. The van der Waals surface area contributed by atoms with Crippen molar-refractivity contribution in [1.82, 2.24) is 24.7 Å². The quantitative estimate of drug-likeness (QED) is 0.735. The third-order valence-electron chi connectivity index (χ3n) is 3.30. The summed E-state index contributed by atoms with van der Waals surface area (Å²) in [6.45, 7) is 1.82. The van der Waals surface area contributed by atoms with Gasteiger partial charge in [-0.05, 0) is 6.92 Å². The molecule has 0 aliphatic rings. The minimum absolute atomic E-state index is 0.138. The average molecular weight is 384 g/mol. The van der Waals surface area contributed by atoms with Gasteiger partial charge in [0.15, 0.2) is 5.82 Å². The third-order valence-corrected chi connectivity index (χ3v) is 4.17. The van der Waals surface area contributed by atoms with E-state index in [0.29, 0.717) is 5.56 Å². The Morgan fingerprint density at radius 3 is 2.15 bits per heavy atom. The molecule has 2 heterocycles. The van der Waals surface area contributed by atoms with Gasteiger partial charge in [-0.3, -0.25) is 0 Å². The summed E-state index contributed by atoms with van der Waals surface area (Å²) in [4.78, 5) is 10.6. The van der Waals surface area contributed by atoms with Gasteiger partial charge < -0.3 is 0 Å². The number of hydrogen-bond acceptors (Lipinski definition) is 6. The third kappa shape index (κ3) is 3.55. The monoisotopic (exact) mass is 384 g/mol. The van der Waals surface area contributed by atoms with E-state index in [1.165, 1.54) is 0 Å². The number of aromatic nitrogens is 5. The molecule has 0 fully saturated rings. The summed E-state index contributed by atoms with van der Waals surface area (Å²) in [6.07, 6.45) is -3.01. The van der Waals surface area contributed by atoms with Gasteiger partial charge in [-0.2, -0.15) is 17.9 Å². The van der Waals surface area contributed by atoms with E-state index in [1.807, 2.05) is 6.92 Å². The smallest absolute Gasteiger partial charge is 0.225 e. The normalized spacial score (nSPS) is 12.3. The van der Waals surface area contributed by atoms with E-state index in [1.54, 1.807) is 24.3 Å². The van der Waals surface area contributed by atoms with Gasteiger partial charge in [0.1, 0.15) is 4.90 Å². The number of aryl methyl sites for hydroxylation is 1. The number of benzene rings is 1. The summed E-state index contributed by atoms with van der Waals surface area (Å²) >= 11 is 0. The van der Waals surface area contributed by atoms with Gasteiger partial charge >= 0.3 is 6.18 Å². The second-order valence-electron chi connectivity index (χ2n) is 5.30. The highest BCUT2D eigenvalue weighted by Crippen LogP contribution is 2.29. The highest BCUT2D eigenvalue weighted by atomic mass is 32.2. The number of nitrogens with two attached hydrogens (primary N) is 1. The van der Waals surface area contributed by atoms with Crippen LogP contribution in [0.5, 0.6) is 0 Å². The van der Waals surface area contributed by atoms with Crippen LogP contribution in [0.25, 0.3) is 17.3 Å². The zero-order valence-corrected chi connectivity index (χ0v) is 14.0. The van der Waals surface area contributed by atoms with Crippen molar-refractivity contribution in [3.05, 3.63) is 48.0 Å². The summed E-state index contributed by atoms with van der Waals surface area (Å²) in [6, 6.07) is 6.56. The largest absolute Gasteiger partial charge is 0.453 e. The van der Waals surface area contributed by atoms with Crippen LogP contribution < -0.4 is 5.14 Å². The van der Waals surface area contributed by atoms with Gasteiger partial charge in [0, 0.05) is 5.56 Å². The van der Waals surface area contributed by atoms with Crippen molar-refractivity contribution < 1.29 is 21.6 Å². The molecule has 0 aliphatic carbocycles. The Morgan fingerprint density at radius 2 is 1.65 bits per heavy atom. The van der Waals surface area contributed by atoms with E-state index in [-0.39, 0.29) is 16.7 Å². The molecule has 0 spiro atoms. The van der Waals surface area contributed by atoms with Crippen molar-refractivity contribution in [1.29, 1.82) is 0 Å². The first kappa shape index (κ1) is 17.9. The predicted molar refractivity (Wildman–Crippen MR) is 83.5 cm³/mol. The fourth-order valence-electron chi connectivity index (χ4n) is 2.03. The zero-order valence-electron chi connectivity index (χ0n) is 13.1. The maximum absolute atomic E-state index is 13.0. The lowest BCUT2D eigenvalue weighted by Gasteiger charge is -2.05. The fourth-order valence-corrected chi connectivity index (χ4v) is 2.43. The first-order valence-corrected chi connectivity index (χ1v) is 8.57. The van der Waals surface area contributed by atoms with E-state index in [9.17, 15) is 21.6 Å². The molecule has 2 aromatic heterocycles. The van der Waals surface area contributed by atoms with E-state index < -0.39 is 22.0 Å². The summed E-state index contributed by atoms with van der Waals surface area (Å²) in [5, 5.41) is 8.37. The van der Waals surface area contributed by atoms with Crippen molar-refractivity contribution in [3.8, 4) is 17.3 Å². The molecule has 0 saturated carbocycles. The van der Waals surface area contributed by atoms with Crippen molar-refractivity contribution in [2.45, 2.75) is 18.0 Å². The number of primary sulfonamides is 1. The van der Waals surface area contributed by atoms with Gasteiger partial charge in [0.25, 0.3) is 11.8 Å². The van der Waals surface area contributed by atoms with E-state index >= 15 is 0 Å². The first-order valence-electron chi connectivity index (χ1n) is 7.02. The van der Waals surface area contributed by atoms with Crippen molar-refractivity contribution in [2.75, 3.05) is 0 Å². The maximum Gasteiger partial charge on any atom is 0.453 e. The predicted octanol–water partition coefficient (Wildman–Crippen LogP) is 1.70. The number of nitrogens with zero attached hydrogens (tertiary/aromatic N) is 5. The second-order valence-corrected chi connectivity index (χ2v) is 6.86. The number of sulfonamides is 1. The highest BCUT2D eigenvalue weighted by Gasteiger charge is 2.37. The van der Waals surface area contributed by atoms with Gasteiger partial charge in [-0.15, -0.1) is 5.10 Å². The molecule has 136 valence electrons. The molecule has 3 rings (SSSR count). The maximum atomic E-state index is 13.0. The van der Waals surface area contributed by atoms with Crippen LogP contribution in [0.1, 0.15) is 11.4 Å². The Kier molecular flexibility index (Phi) is 4.24. The number of hydrogen-bond donors (Lipinski definition) is 1. The Balaban J connectivity index is 2.16. The molecule has 3 aromatic rings. The van der Waals surface area contributed by atoms with Crippen LogP contribution >= 0.6 is 0 Å². The van der Waals surface area contributed by atoms with E-state index in [0.717, 1.165) is 22.6 Å². The molecule has 8 nitrogen and oxygen atoms in total. The molecule has 0 radical (unpaired) electrons. The topological polar surface area (TPSA) is 117 Å². The Hall–Kier alpha value is -2.86. The molecule has 0 amide bonds. The Bertz CT molecular complexity index is 1040. The molecule has 12 heteroatoms. The molecule has 0 saturated heterocycles.